The molecule has 0 bridgehead atoms. The first-order chi connectivity index (χ1) is 18.9. The molecule has 4 rings (SSSR count). The second-order valence-corrected chi connectivity index (χ2v) is 10.8. The zero-order valence-electron chi connectivity index (χ0n) is 21.8. The van der Waals surface area contributed by atoms with Gasteiger partial charge in [-0.25, -0.2) is 0 Å². The summed E-state index contributed by atoms with van der Waals surface area (Å²) in [6.07, 6.45) is -3.53. The van der Waals surface area contributed by atoms with E-state index >= 15 is 0 Å². The first-order valence-electron chi connectivity index (χ1n) is 12.7. The number of hydrogen-bond acceptors (Lipinski definition) is 8. The van der Waals surface area contributed by atoms with Crippen molar-refractivity contribution >= 4 is 10.1 Å². The number of benzene rings is 3. The van der Waals surface area contributed by atoms with Crippen LogP contribution in [0.2, 0.25) is 0 Å². The van der Waals surface area contributed by atoms with Gasteiger partial charge in [0.1, 0.15) is 24.4 Å². The Morgan fingerprint density at radius 1 is 0.846 bits per heavy atom. The van der Waals surface area contributed by atoms with Crippen molar-refractivity contribution in [2.75, 3.05) is 13.2 Å². The van der Waals surface area contributed by atoms with E-state index in [1.807, 2.05) is 67.6 Å². The van der Waals surface area contributed by atoms with Crippen molar-refractivity contribution in [2.45, 2.75) is 55.7 Å². The fourth-order valence-corrected chi connectivity index (χ4v) is 5.10. The van der Waals surface area contributed by atoms with Gasteiger partial charge >= 0.3 is 0 Å². The number of aliphatic hydroxyl groups excluding tert-OH is 1. The summed E-state index contributed by atoms with van der Waals surface area (Å²) >= 11 is 0. The fraction of sp³-hybridized carbons (Fsp3) is 0.333. The summed E-state index contributed by atoms with van der Waals surface area (Å²) in [5.74, 6) is 0. The summed E-state index contributed by atoms with van der Waals surface area (Å²) in [6, 6.07) is 25.4. The van der Waals surface area contributed by atoms with Gasteiger partial charge in [-0.15, -0.1) is 6.58 Å². The normalized spacial score (nSPS) is 23.4. The van der Waals surface area contributed by atoms with E-state index in [0.29, 0.717) is 0 Å². The highest BCUT2D eigenvalue weighted by Gasteiger charge is 2.48. The monoisotopic (exact) mass is 554 g/mol. The van der Waals surface area contributed by atoms with Crippen LogP contribution >= 0.6 is 0 Å². The summed E-state index contributed by atoms with van der Waals surface area (Å²) in [6.45, 7) is 5.63. The van der Waals surface area contributed by atoms with Crippen LogP contribution in [0.15, 0.2) is 102 Å². The Hall–Kier alpha value is -2.89. The Morgan fingerprint density at radius 3 is 1.97 bits per heavy atom. The van der Waals surface area contributed by atoms with E-state index in [1.54, 1.807) is 12.1 Å². The minimum Gasteiger partial charge on any atom is -0.385 e. The van der Waals surface area contributed by atoms with Crippen molar-refractivity contribution < 1.29 is 36.7 Å². The molecule has 0 unspecified atom stereocenters. The molecule has 0 amide bonds. The molecule has 1 fully saturated rings. The van der Waals surface area contributed by atoms with Gasteiger partial charge in [0, 0.05) is 0 Å². The van der Waals surface area contributed by atoms with Crippen LogP contribution in [0.3, 0.4) is 0 Å². The van der Waals surface area contributed by atoms with E-state index in [1.165, 1.54) is 18.2 Å². The topological polar surface area (TPSA) is 101 Å². The van der Waals surface area contributed by atoms with Gasteiger partial charge in [0.15, 0.2) is 6.29 Å². The highest BCUT2D eigenvalue weighted by molar-refractivity contribution is 7.86. The summed E-state index contributed by atoms with van der Waals surface area (Å²) in [5.41, 5.74) is 2.72. The number of ether oxygens (including phenoxy) is 4. The molecule has 1 aliphatic rings. The van der Waals surface area contributed by atoms with E-state index in [9.17, 15) is 13.5 Å². The Balaban J connectivity index is 1.58. The minimum atomic E-state index is -4.08. The Bertz CT molecular complexity index is 1270. The number of hydrogen-bond donors (Lipinski definition) is 1. The van der Waals surface area contributed by atoms with Gasteiger partial charge < -0.3 is 24.1 Å². The highest BCUT2D eigenvalue weighted by Crippen LogP contribution is 2.29. The van der Waals surface area contributed by atoms with E-state index in [0.717, 1.165) is 16.7 Å². The standard InChI is InChI=1S/C30H34O8S/c1-3-18-34-30-27(31)29(36-20-24-12-8-5-9-13-24)28(35-19-23-10-6-4-7-11-23)26(38-30)21-37-39(32,33)25-16-14-22(2)15-17-25/h3-17,26-31H,1,18-21H2,2H3/t26-,27+,28-,29-,30+/m1/s1. The molecule has 3 aromatic carbocycles. The molecule has 0 spiro atoms. The molecular formula is C30H34O8S. The molecule has 1 aliphatic heterocycles. The van der Waals surface area contributed by atoms with Crippen LogP contribution in [-0.4, -0.2) is 57.4 Å². The van der Waals surface area contributed by atoms with Crippen molar-refractivity contribution in [3.8, 4) is 0 Å². The predicted octanol–water partition coefficient (Wildman–Crippen LogP) is 4.16. The molecule has 1 N–H and O–H groups in total. The fourth-order valence-electron chi connectivity index (χ4n) is 4.18. The van der Waals surface area contributed by atoms with Crippen molar-refractivity contribution in [3.05, 3.63) is 114 Å². The van der Waals surface area contributed by atoms with Gasteiger partial charge in [-0.3, -0.25) is 4.18 Å². The molecular weight excluding hydrogens is 520 g/mol. The third-order valence-electron chi connectivity index (χ3n) is 6.26. The SMILES string of the molecule is C=CCO[C@H]1O[C@H](COS(=O)(=O)c2ccc(C)cc2)[C@@H](OCc2ccccc2)[C@H](OCc2ccccc2)[C@@H]1O. The summed E-state index contributed by atoms with van der Waals surface area (Å²) in [4.78, 5) is 0.0297. The smallest absolute Gasteiger partial charge is 0.297 e. The third kappa shape index (κ3) is 8.06. The van der Waals surface area contributed by atoms with Crippen LogP contribution in [0.4, 0.5) is 0 Å². The first-order valence-corrected chi connectivity index (χ1v) is 14.1. The van der Waals surface area contributed by atoms with Gasteiger partial charge in [-0.1, -0.05) is 84.4 Å². The van der Waals surface area contributed by atoms with Crippen LogP contribution in [0.1, 0.15) is 16.7 Å². The Morgan fingerprint density at radius 2 is 1.41 bits per heavy atom. The number of aryl methyl sites for hydroxylation is 1. The molecule has 5 atom stereocenters. The largest absolute Gasteiger partial charge is 0.385 e. The van der Waals surface area contributed by atoms with E-state index < -0.39 is 40.8 Å². The van der Waals surface area contributed by atoms with Crippen LogP contribution < -0.4 is 0 Å². The lowest BCUT2D eigenvalue weighted by molar-refractivity contribution is -0.313. The molecule has 0 aromatic heterocycles. The third-order valence-corrected chi connectivity index (χ3v) is 7.56. The van der Waals surface area contributed by atoms with Gasteiger partial charge in [0.25, 0.3) is 10.1 Å². The van der Waals surface area contributed by atoms with Crippen LogP contribution in [0.5, 0.6) is 0 Å². The van der Waals surface area contributed by atoms with Gasteiger partial charge in [-0.2, -0.15) is 8.42 Å². The predicted molar refractivity (Wildman–Crippen MR) is 145 cm³/mol. The quantitative estimate of drug-likeness (QED) is 0.248. The maximum atomic E-state index is 12.9. The average Bonchev–Trinajstić information content (AvgIpc) is 2.95. The molecule has 9 heteroatoms. The first kappa shape index (κ1) is 29.1. The molecule has 39 heavy (non-hydrogen) atoms. The van der Waals surface area contributed by atoms with Crippen molar-refractivity contribution in [1.82, 2.24) is 0 Å². The van der Waals surface area contributed by atoms with Crippen molar-refractivity contribution in [3.63, 3.8) is 0 Å². The van der Waals surface area contributed by atoms with Gasteiger partial charge in [0.2, 0.25) is 0 Å². The van der Waals surface area contributed by atoms with Gasteiger partial charge in [0.05, 0.1) is 31.3 Å². The zero-order valence-corrected chi connectivity index (χ0v) is 22.6. The highest BCUT2D eigenvalue weighted by atomic mass is 32.2. The zero-order chi connectivity index (χ0) is 27.7. The summed E-state index contributed by atoms with van der Waals surface area (Å²) in [5, 5.41) is 11.2. The lowest BCUT2D eigenvalue weighted by Gasteiger charge is -2.44. The number of aliphatic hydroxyl groups is 1. The minimum absolute atomic E-state index is 0.0297. The molecule has 208 valence electrons. The van der Waals surface area contributed by atoms with Crippen LogP contribution in [0.25, 0.3) is 0 Å². The molecule has 1 saturated heterocycles. The molecule has 3 aromatic rings. The van der Waals surface area contributed by atoms with E-state index in [4.69, 9.17) is 23.1 Å². The number of rotatable bonds is 13. The second kappa shape index (κ2) is 14.0. The average molecular weight is 555 g/mol. The van der Waals surface area contributed by atoms with Crippen LogP contribution in [-0.2, 0) is 46.5 Å². The Kier molecular flexibility index (Phi) is 10.4. The van der Waals surface area contributed by atoms with Crippen LogP contribution in [0, 0.1) is 6.92 Å². The molecule has 0 aliphatic carbocycles. The molecule has 1 heterocycles. The lowest BCUT2D eigenvalue weighted by atomic mass is 9.98. The summed E-state index contributed by atoms with van der Waals surface area (Å²) in [7, 11) is -4.08. The van der Waals surface area contributed by atoms with E-state index in [2.05, 4.69) is 6.58 Å². The molecule has 0 radical (unpaired) electrons. The second-order valence-electron chi connectivity index (χ2n) is 9.23. The molecule has 0 saturated carbocycles. The maximum Gasteiger partial charge on any atom is 0.297 e. The molecule has 8 nitrogen and oxygen atoms in total. The maximum absolute atomic E-state index is 12.9. The van der Waals surface area contributed by atoms with Gasteiger partial charge in [-0.05, 0) is 30.2 Å². The van der Waals surface area contributed by atoms with E-state index in [-0.39, 0.29) is 31.3 Å². The lowest BCUT2D eigenvalue weighted by Crippen LogP contribution is -2.61. The van der Waals surface area contributed by atoms with Crippen molar-refractivity contribution in [1.29, 1.82) is 0 Å². The van der Waals surface area contributed by atoms with Crippen molar-refractivity contribution in [2.24, 2.45) is 0 Å². The summed E-state index contributed by atoms with van der Waals surface area (Å²) < 4.78 is 55.4. The Labute approximate surface area is 229 Å².